The molecule has 0 spiro atoms. The fourth-order valence-corrected chi connectivity index (χ4v) is 1.83. The van der Waals surface area contributed by atoms with Crippen molar-refractivity contribution < 1.29 is 5.11 Å². The van der Waals surface area contributed by atoms with E-state index >= 15 is 0 Å². The zero-order valence-electron chi connectivity index (χ0n) is 12.8. The van der Waals surface area contributed by atoms with Crippen molar-refractivity contribution in [1.29, 1.82) is 0 Å². The zero-order valence-corrected chi connectivity index (χ0v) is 12.8. The van der Waals surface area contributed by atoms with Crippen LogP contribution in [-0.4, -0.2) is 24.2 Å². The molecule has 4 heteroatoms. The van der Waals surface area contributed by atoms with Crippen LogP contribution in [-0.2, 0) is 6.54 Å². The van der Waals surface area contributed by atoms with Gasteiger partial charge in [0.25, 0.3) is 0 Å². The normalized spacial score (nSPS) is 11.7. The lowest BCUT2D eigenvalue weighted by molar-refractivity contribution is 0.475. The van der Waals surface area contributed by atoms with Crippen molar-refractivity contribution in [3.05, 3.63) is 29.8 Å². The summed E-state index contributed by atoms with van der Waals surface area (Å²) in [5, 5.41) is 15.8. The highest BCUT2D eigenvalue weighted by Gasteiger charge is 1.99. The Bertz CT molecular complexity index is 399. The maximum Gasteiger partial charge on any atom is 0.191 e. The highest BCUT2D eigenvalue weighted by atomic mass is 16.3. The number of aromatic hydroxyl groups is 1. The van der Waals surface area contributed by atoms with Crippen LogP contribution in [0.3, 0.4) is 0 Å². The molecule has 0 unspecified atom stereocenters. The first-order valence-corrected chi connectivity index (χ1v) is 7.42. The van der Waals surface area contributed by atoms with E-state index in [0.717, 1.165) is 37.0 Å². The van der Waals surface area contributed by atoms with Gasteiger partial charge in [0.15, 0.2) is 5.96 Å². The smallest absolute Gasteiger partial charge is 0.191 e. The predicted octanol–water partition coefficient (Wildman–Crippen LogP) is 2.88. The van der Waals surface area contributed by atoms with E-state index < -0.39 is 0 Å². The van der Waals surface area contributed by atoms with Crippen molar-refractivity contribution in [2.75, 3.05) is 13.1 Å². The molecule has 0 atom stereocenters. The summed E-state index contributed by atoms with van der Waals surface area (Å²) in [4.78, 5) is 4.54. The molecular weight excluding hydrogens is 250 g/mol. The third-order valence-electron chi connectivity index (χ3n) is 2.95. The molecule has 20 heavy (non-hydrogen) atoms. The fraction of sp³-hybridized carbons (Fsp3) is 0.562. The Kier molecular flexibility index (Phi) is 7.55. The van der Waals surface area contributed by atoms with Crippen LogP contribution in [0, 0.1) is 5.92 Å². The number of rotatable bonds is 7. The fourth-order valence-electron chi connectivity index (χ4n) is 1.83. The van der Waals surface area contributed by atoms with Gasteiger partial charge < -0.3 is 15.7 Å². The predicted molar refractivity (Wildman–Crippen MR) is 85.0 cm³/mol. The van der Waals surface area contributed by atoms with Crippen LogP contribution >= 0.6 is 0 Å². The molecule has 0 fully saturated rings. The molecule has 0 aliphatic heterocycles. The molecule has 1 aromatic carbocycles. The number of hydrogen-bond acceptors (Lipinski definition) is 2. The van der Waals surface area contributed by atoms with Crippen LogP contribution in [0.2, 0.25) is 0 Å². The highest BCUT2D eigenvalue weighted by Crippen LogP contribution is 2.10. The average molecular weight is 277 g/mol. The zero-order chi connectivity index (χ0) is 14.8. The molecule has 0 aliphatic rings. The van der Waals surface area contributed by atoms with Crippen LogP contribution in [0.5, 0.6) is 5.75 Å². The molecule has 0 heterocycles. The highest BCUT2D eigenvalue weighted by molar-refractivity contribution is 5.79. The van der Waals surface area contributed by atoms with Crippen molar-refractivity contribution >= 4 is 5.96 Å². The second kappa shape index (κ2) is 9.23. The number of benzene rings is 1. The van der Waals surface area contributed by atoms with E-state index in [0.29, 0.717) is 6.54 Å². The minimum Gasteiger partial charge on any atom is -0.508 e. The first-order chi connectivity index (χ1) is 9.61. The Morgan fingerprint density at radius 1 is 1.20 bits per heavy atom. The van der Waals surface area contributed by atoms with E-state index in [9.17, 15) is 5.11 Å². The molecular formula is C16H27N3O. The number of phenols is 1. The molecule has 3 N–H and O–H groups in total. The Balaban J connectivity index is 2.43. The number of nitrogens with zero attached hydrogens (tertiary/aromatic N) is 1. The van der Waals surface area contributed by atoms with Gasteiger partial charge in [0, 0.05) is 13.1 Å². The summed E-state index contributed by atoms with van der Waals surface area (Å²) in [6.07, 6.45) is 2.38. The largest absolute Gasteiger partial charge is 0.508 e. The van der Waals surface area contributed by atoms with Gasteiger partial charge in [-0.05, 0) is 43.4 Å². The third-order valence-corrected chi connectivity index (χ3v) is 2.95. The lowest BCUT2D eigenvalue weighted by Crippen LogP contribution is -2.37. The average Bonchev–Trinajstić information content (AvgIpc) is 2.42. The third kappa shape index (κ3) is 7.02. The Hall–Kier alpha value is -1.71. The quantitative estimate of drug-likeness (QED) is 0.408. The summed E-state index contributed by atoms with van der Waals surface area (Å²) in [7, 11) is 0. The van der Waals surface area contributed by atoms with Crippen LogP contribution in [0.15, 0.2) is 29.3 Å². The number of hydrogen-bond donors (Lipinski definition) is 3. The first-order valence-electron chi connectivity index (χ1n) is 7.42. The lowest BCUT2D eigenvalue weighted by atomic mass is 10.1. The number of nitrogens with one attached hydrogen (secondary N) is 2. The summed E-state index contributed by atoms with van der Waals surface area (Å²) in [6, 6.07) is 7.16. The van der Waals surface area contributed by atoms with Crippen molar-refractivity contribution in [2.24, 2.45) is 10.9 Å². The lowest BCUT2D eigenvalue weighted by Gasteiger charge is -2.12. The number of aliphatic imine (C=N–C) groups is 1. The van der Waals surface area contributed by atoms with Crippen LogP contribution in [0.25, 0.3) is 0 Å². The van der Waals surface area contributed by atoms with E-state index in [1.165, 1.54) is 6.42 Å². The van der Waals surface area contributed by atoms with Gasteiger partial charge in [-0.1, -0.05) is 26.0 Å². The second-order valence-corrected chi connectivity index (χ2v) is 5.32. The standard InChI is InChI=1S/C16H27N3O/c1-4-17-16(18-11-5-6-13(2)3)19-12-14-7-9-15(20)10-8-14/h7-10,13,20H,4-6,11-12H2,1-3H3,(H2,17,18,19). The molecule has 0 saturated heterocycles. The van der Waals surface area contributed by atoms with Crippen molar-refractivity contribution in [2.45, 2.75) is 40.2 Å². The SMILES string of the molecule is CCNC(=NCc1ccc(O)cc1)NCCCC(C)C. The van der Waals surface area contributed by atoms with Crippen LogP contribution in [0.1, 0.15) is 39.2 Å². The van der Waals surface area contributed by atoms with E-state index in [1.807, 2.05) is 12.1 Å². The van der Waals surface area contributed by atoms with Gasteiger partial charge in [-0.25, -0.2) is 4.99 Å². The monoisotopic (exact) mass is 277 g/mol. The molecule has 112 valence electrons. The first kappa shape index (κ1) is 16.3. The minimum atomic E-state index is 0.288. The van der Waals surface area contributed by atoms with Gasteiger partial charge in [-0.2, -0.15) is 0 Å². The van der Waals surface area contributed by atoms with E-state index in [1.54, 1.807) is 12.1 Å². The molecule has 0 saturated carbocycles. The molecule has 0 aliphatic carbocycles. The van der Waals surface area contributed by atoms with E-state index in [-0.39, 0.29) is 5.75 Å². The molecule has 0 amide bonds. The summed E-state index contributed by atoms with van der Waals surface area (Å²) >= 11 is 0. The summed E-state index contributed by atoms with van der Waals surface area (Å²) in [6.45, 7) is 8.95. The van der Waals surface area contributed by atoms with Gasteiger partial charge >= 0.3 is 0 Å². The van der Waals surface area contributed by atoms with Gasteiger partial charge in [-0.15, -0.1) is 0 Å². The Morgan fingerprint density at radius 2 is 1.90 bits per heavy atom. The summed E-state index contributed by atoms with van der Waals surface area (Å²) in [5.74, 6) is 1.88. The molecule has 4 nitrogen and oxygen atoms in total. The van der Waals surface area contributed by atoms with Crippen molar-refractivity contribution in [3.63, 3.8) is 0 Å². The maximum atomic E-state index is 9.25. The van der Waals surface area contributed by atoms with Crippen molar-refractivity contribution in [3.8, 4) is 5.75 Å². The molecule has 1 aromatic rings. The molecule has 0 radical (unpaired) electrons. The van der Waals surface area contributed by atoms with E-state index in [2.05, 4.69) is 36.4 Å². The summed E-state index contributed by atoms with van der Waals surface area (Å²) < 4.78 is 0. The number of phenolic OH excluding ortho intramolecular Hbond substituents is 1. The van der Waals surface area contributed by atoms with Crippen molar-refractivity contribution in [1.82, 2.24) is 10.6 Å². The van der Waals surface area contributed by atoms with Gasteiger partial charge in [0.1, 0.15) is 5.75 Å². The second-order valence-electron chi connectivity index (χ2n) is 5.32. The number of guanidine groups is 1. The van der Waals surface area contributed by atoms with Gasteiger partial charge in [-0.3, -0.25) is 0 Å². The minimum absolute atomic E-state index is 0.288. The topological polar surface area (TPSA) is 56.7 Å². The Morgan fingerprint density at radius 3 is 2.50 bits per heavy atom. The Labute approximate surface area is 122 Å². The van der Waals surface area contributed by atoms with Gasteiger partial charge in [0.2, 0.25) is 0 Å². The molecule has 0 bridgehead atoms. The van der Waals surface area contributed by atoms with Crippen LogP contribution < -0.4 is 10.6 Å². The summed E-state index contributed by atoms with van der Waals surface area (Å²) in [5.41, 5.74) is 1.09. The van der Waals surface area contributed by atoms with Crippen LogP contribution in [0.4, 0.5) is 0 Å². The maximum absolute atomic E-state index is 9.25. The van der Waals surface area contributed by atoms with E-state index in [4.69, 9.17) is 0 Å². The molecule has 0 aromatic heterocycles. The molecule has 1 rings (SSSR count). The van der Waals surface area contributed by atoms with Gasteiger partial charge in [0.05, 0.1) is 6.54 Å².